The lowest BCUT2D eigenvalue weighted by Gasteiger charge is -2.33. The van der Waals surface area contributed by atoms with Gasteiger partial charge in [-0.05, 0) is 37.1 Å². The lowest BCUT2D eigenvalue weighted by molar-refractivity contribution is -0.142. The van der Waals surface area contributed by atoms with Gasteiger partial charge in [0.25, 0.3) is 0 Å². The summed E-state index contributed by atoms with van der Waals surface area (Å²) >= 11 is 0. The summed E-state index contributed by atoms with van der Waals surface area (Å²) in [5.74, 6) is 1.70. The first-order chi connectivity index (χ1) is 12.4. The Morgan fingerprint density at radius 2 is 1.92 bits per heavy atom. The highest BCUT2D eigenvalue weighted by Gasteiger charge is 2.34. The average molecular weight is 356 g/mol. The summed E-state index contributed by atoms with van der Waals surface area (Å²) in [7, 11) is 1.65. The van der Waals surface area contributed by atoms with Crippen molar-refractivity contribution in [2.75, 3.05) is 13.7 Å². The molecule has 1 aliphatic rings. The smallest absolute Gasteiger partial charge is 0.228 e. The number of benzene rings is 1. The number of aromatic nitrogens is 1. The fraction of sp³-hybridized carbons (Fsp3) is 0.524. The molecule has 2 heterocycles. The van der Waals surface area contributed by atoms with E-state index in [1.165, 1.54) is 0 Å². The zero-order valence-corrected chi connectivity index (χ0v) is 16.1. The number of rotatable bonds is 3. The van der Waals surface area contributed by atoms with Crippen molar-refractivity contribution >= 4 is 5.91 Å². The molecule has 0 aliphatic carbocycles. The van der Waals surface area contributed by atoms with Crippen molar-refractivity contribution < 1.29 is 14.1 Å². The molecular weight excluding hydrogens is 328 g/mol. The molecule has 0 radical (unpaired) electrons. The number of likely N-dealkylation sites (tertiary alicyclic amines) is 1. The van der Waals surface area contributed by atoms with Gasteiger partial charge in [-0.25, -0.2) is 0 Å². The number of hydrogen-bond donors (Lipinski definition) is 0. The number of amides is 1. The topological polar surface area (TPSA) is 55.6 Å². The summed E-state index contributed by atoms with van der Waals surface area (Å²) in [6.07, 6.45) is 4.22. The normalized spacial score (nSPS) is 18.5. The van der Waals surface area contributed by atoms with Crippen LogP contribution >= 0.6 is 0 Å². The van der Waals surface area contributed by atoms with Crippen LogP contribution in [0.5, 0.6) is 5.75 Å². The van der Waals surface area contributed by atoms with Gasteiger partial charge in [-0.3, -0.25) is 4.79 Å². The third-order valence-electron chi connectivity index (χ3n) is 4.90. The van der Waals surface area contributed by atoms with Crippen LogP contribution in [-0.4, -0.2) is 29.6 Å². The van der Waals surface area contributed by atoms with Gasteiger partial charge in [0, 0.05) is 23.6 Å². The van der Waals surface area contributed by atoms with Crippen LogP contribution < -0.4 is 4.74 Å². The van der Waals surface area contributed by atoms with E-state index in [1.807, 2.05) is 56.0 Å². The van der Waals surface area contributed by atoms with Crippen molar-refractivity contribution in [3.05, 3.63) is 36.0 Å². The summed E-state index contributed by atoms with van der Waals surface area (Å²) in [6, 6.07) is 9.67. The molecule has 5 nitrogen and oxygen atoms in total. The maximum Gasteiger partial charge on any atom is 0.228 e. The van der Waals surface area contributed by atoms with Crippen LogP contribution in [0.4, 0.5) is 0 Å². The van der Waals surface area contributed by atoms with Crippen LogP contribution in [0.25, 0.3) is 11.3 Å². The van der Waals surface area contributed by atoms with Crippen LogP contribution in [0.1, 0.15) is 58.2 Å². The molecule has 0 spiro atoms. The molecule has 2 aromatic rings. The Balaban J connectivity index is 1.87. The number of methoxy groups -OCH3 is 1. The van der Waals surface area contributed by atoms with Crippen LogP contribution in [0.2, 0.25) is 0 Å². The van der Waals surface area contributed by atoms with Gasteiger partial charge < -0.3 is 14.2 Å². The van der Waals surface area contributed by atoms with Crippen molar-refractivity contribution in [3.63, 3.8) is 0 Å². The van der Waals surface area contributed by atoms with E-state index in [0.29, 0.717) is 0 Å². The van der Waals surface area contributed by atoms with Crippen LogP contribution in [-0.2, 0) is 4.79 Å². The molecule has 0 bridgehead atoms. The SMILES string of the molecule is COc1ccc(-c2cc([C@H]3CCCCCN3C(=O)C(C)(C)C)no2)cc1. The second-order valence-corrected chi connectivity index (χ2v) is 7.96. The average Bonchev–Trinajstić information content (AvgIpc) is 2.98. The van der Waals surface area contributed by atoms with E-state index in [9.17, 15) is 4.79 Å². The van der Waals surface area contributed by atoms with Gasteiger partial charge in [0.2, 0.25) is 5.91 Å². The molecule has 1 atom stereocenters. The van der Waals surface area contributed by atoms with Crippen molar-refractivity contribution in [1.82, 2.24) is 10.1 Å². The highest BCUT2D eigenvalue weighted by molar-refractivity contribution is 5.82. The summed E-state index contributed by atoms with van der Waals surface area (Å²) in [5, 5.41) is 4.32. The van der Waals surface area contributed by atoms with Crippen LogP contribution in [0.3, 0.4) is 0 Å². The van der Waals surface area contributed by atoms with Crippen LogP contribution in [0.15, 0.2) is 34.9 Å². The first kappa shape index (κ1) is 18.5. The zero-order valence-electron chi connectivity index (χ0n) is 16.1. The van der Waals surface area contributed by atoms with Gasteiger partial charge in [-0.15, -0.1) is 0 Å². The highest BCUT2D eigenvalue weighted by atomic mass is 16.5. The van der Waals surface area contributed by atoms with Gasteiger partial charge in [-0.1, -0.05) is 38.8 Å². The molecule has 26 heavy (non-hydrogen) atoms. The molecular formula is C21H28N2O3. The molecule has 1 aliphatic heterocycles. The first-order valence-corrected chi connectivity index (χ1v) is 9.32. The fourth-order valence-corrected chi connectivity index (χ4v) is 3.43. The maximum absolute atomic E-state index is 13.0. The molecule has 140 valence electrons. The van der Waals surface area contributed by atoms with E-state index in [4.69, 9.17) is 9.26 Å². The molecule has 5 heteroatoms. The van der Waals surface area contributed by atoms with E-state index in [0.717, 1.165) is 55.0 Å². The third kappa shape index (κ3) is 3.92. The molecule has 1 aromatic carbocycles. The molecule has 0 saturated carbocycles. The maximum atomic E-state index is 13.0. The molecule has 3 rings (SSSR count). The highest BCUT2D eigenvalue weighted by Crippen LogP contribution is 2.35. The zero-order chi connectivity index (χ0) is 18.7. The van der Waals surface area contributed by atoms with Crippen molar-refractivity contribution in [3.8, 4) is 17.1 Å². The van der Waals surface area contributed by atoms with Gasteiger partial charge in [0.15, 0.2) is 5.76 Å². The molecule has 0 unspecified atom stereocenters. The van der Waals surface area contributed by atoms with E-state index in [-0.39, 0.29) is 11.9 Å². The molecule has 1 amide bonds. The molecule has 1 aromatic heterocycles. The number of nitrogens with zero attached hydrogens (tertiary/aromatic N) is 2. The third-order valence-corrected chi connectivity index (χ3v) is 4.90. The van der Waals surface area contributed by atoms with E-state index >= 15 is 0 Å². The van der Waals surface area contributed by atoms with Crippen molar-refractivity contribution in [2.45, 2.75) is 52.5 Å². The van der Waals surface area contributed by atoms with E-state index < -0.39 is 5.41 Å². The molecule has 1 saturated heterocycles. The number of hydrogen-bond acceptors (Lipinski definition) is 4. The largest absolute Gasteiger partial charge is 0.497 e. The predicted molar refractivity (Wildman–Crippen MR) is 101 cm³/mol. The summed E-state index contributed by atoms with van der Waals surface area (Å²) in [4.78, 5) is 15.0. The first-order valence-electron chi connectivity index (χ1n) is 9.32. The standard InChI is InChI=1S/C21H28N2O3/c1-21(2,3)20(24)23-13-7-5-6-8-18(23)17-14-19(26-22-17)15-9-11-16(25-4)12-10-15/h9-12,14,18H,5-8,13H2,1-4H3/t18-/m1/s1. The van der Waals surface area contributed by atoms with Gasteiger partial charge in [0.1, 0.15) is 11.4 Å². The second-order valence-electron chi connectivity index (χ2n) is 7.96. The summed E-state index contributed by atoms with van der Waals surface area (Å²) < 4.78 is 10.8. The van der Waals surface area contributed by atoms with E-state index in [1.54, 1.807) is 7.11 Å². The lowest BCUT2D eigenvalue weighted by atomic mass is 9.93. The minimum atomic E-state index is -0.398. The quantitative estimate of drug-likeness (QED) is 0.789. The second kappa shape index (κ2) is 7.52. The number of ether oxygens (including phenoxy) is 1. The molecule has 0 N–H and O–H groups in total. The summed E-state index contributed by atoms with van der Waals surface area (Å²) in [5.41, 5.74) is 1.40. The van der Waals surface area contributed by atoms with Crippen molar-refractivity contribution in [2.24, 2.45) is 5.41 Å². The Labute approximate surface area is 155 Å². The Bertz CT molecular complexity index is 743. The minimum absolute atomic E-state index is 0.0139. The number of carbonyl (C=O) groups excluding carboxylic acids is 1. The van der Waals surface area contributed by atoms with Crippen molar-refractivity contribution in [1.29, 1.82) is 0 Å². The fourth-order valence-electron chi connectivity index (χ4n) is 3.43. The Morgan fingerprint density at radius 3 is 2.58 bits per heavy atom. The Kier molecular flexibility index (Phi) is 5.35. The molecule has 1 fully saturated rings. The predicted octanol–water partition coefficient (Wildman–Crippen LogP) is 4.84. The number of carbonyl (C=O) groups is 1. The van der Waals surface area contributed by atoms with Gasteiger partial charge >= 0.3 is 0 Å². The minimum Gasteiger partial charge on any atom is -0.497 e. The Morgan fingerprint density at radius 1 is 1.19 bits per heavy atom. The van der Waals surface area contributed by atoms with Crippen LogP contribution in [0, 0.1) is 5.41 Å². The Hall–Kier alpha value is -2.30. The van der Waals surface area contributed by atoms with Gasteiger partial charge in [-0.2, -0.15) is 0 Å². The van der Waals surface area contributed by atoms with E-state index in [2.05, 4.69) is 5.16 Å². The lowest BCUT2D eigenvalue weighted by Crippen LogP contribution is -2.41. The summed E-state index contributed by atoms with van der Waals surface area (Å²) in [6.45, 7) is 6.71. The monoisotopic (exact) mass is 356 g/mol. The van der Waals surface area contributed by atoms with Gasteiger partial charge in [0.05, 0.1) is 13.2 Å².